The van der Waals surface area contributed by atoms with Gasteiger partial charge in [-0.05, 0) is 32.1 Å². The summed E-state index contributed by atoms with van der Waals surface area (Å²) in [6, 6.07) is 5.15. The molecule has 0 radical (unpaired) electrons. The van der Waals surface area contributed by atoms with Crippen molar-refractivity contribution in [1.29, 1.82) is 0 Å². The highest BCUT2D eigenvalue weighted by atomic mass is 35.5. The van der Waals surface area contributed by atoms with Gasteiger partial charge in [0.1, 0.15) is 0 Å². The van der Waals surface area contributed by atoms with E-state index >= 15 is 0 Å². The molecule has 2 rings (SSSR count). The van der Waals surface area contributed by atoms with E-state index in [-0.39, 0.29) is 5.91 Å². The van der Waals surface area contributed by atoms with Crippen LogP contribution < -0.4 is 0 Å². The van der Waals surface area contributed by atoms with Crippen molar-refractivity contribution in [3.05, 3.63) is 33.8 Å². The summed E-state index contributed by atoms with van der Waals surface area (Å²) in [5.41, 5.74) is 0.469. The number of halogens is 2. The van der Waals surface area contributed by atoms with E-state index in [9.17, 15) is 4.79 Å². The van der Waals surface area contributed by atoms with Gasteiger partial charge in [-0.2, -0.15) is 0 Å². The smallest absolute Gasteiger partial charge is 0.255 e. The molecule has 0 saturated carbocycles. The van der Waals surface area contributed by atoms with Gasteiger partial charge in [0.05, 0.1) is 15.6 Å². The molecule has 0 atom stereocenters. The molecular formula is C16H23Cl2N3O. The monoisotopic (exact) mass is 343 g/mol. The van der Waals surface area contributed by atoms with E-state index in [2.05, 4.69) is 16.8 Å². The fourth-order valence-corrected chi connectivity index (χ4v) is 2.96. The van der Waals surface area contributed by atoms with E-state index in [1.165, 1.54) is 0 Å². The van der Waals surface area contributed by atoms with Gasteiger partial charge in [-0.15, -0.1) is 0 Å². The Balaban J connectivity index is 1.80. The molecule has 4 nitrogen and oxygen atoms in total. The Hall–Kier alpha value is -0.810. The average molecular weight is 344 g/mol. The molecular weight excluding hydrogens is 321 g/mol. The summed E-state index contributed by atoms with van der Waals surface area (Å²) < 4.78 is 0. The van der Waals surface area contributed by atoms with E-state index in [4.69, 9.17) is 23.2 Å². The van der Waals surface area contributed by atoms with Gasteiger partial charge in [0, 0.05) is 39.8 Å². The van der Waals surface area contributed by atoms with Crippen molar-refractivity contribution in [3.8, 4) is 0 Å². The van der Waals surface area contributed by atoms with Crippen LogP contribution in [0.3, 0.4) is 0 Å². The third-order valence-corrected chi connectivity index (χ3v) is 4.91. The molecule has 0 N–H and O–H groups in total. The van der Waals surface area contributed by atoms with Crippen LogP contribution >= 0.6 is 23.2 Å². The van der Waals surface area contributed by atoms with Crippen LogP contribution in [0.2, 0.25) is 10.0 Å². The summed E-state index contributed by atoms with van der Waals surface area (Å²) >= 11 is 12.1. The topological polar surface area (TPSA) is 26.8 Å². The van der Waals surface area contributed by atoms with Crippen LogP contribution in [0.25, 0.3) is 0 Å². The molecule has 1 heterocycles. The highest BCUT2D eigenvalue weighted by Gasteiger charge is 2.17. The SMILES string of the molecule is CN1CCN(CCCN(C)C(=O)c2cccc(Cl)c2Cl)CC1. The first-order valence-electron chi connectivity index (χ1n) is 7.59. The number of nitrogens with zero attached hydrogens (tertiary/aromatic N) is 3. The van der Waals surface area contributed by atoms with Crippen LogP contribution in [0.4, 0.5) is 0 Å². The van der Waals surface area contributed by atoms with Crippen molar-refractivity contribution >= 4 is 29.1 Å². The molecule has 0 bridgehead atoms. The lowest BCUT2D eigenvalue weighted by atomic mass is 10.2. The van der Waals surface area contributed by atoms with Gasteiger partial charge in [0.15, 0.2) is 0 Å². The van der Waals surface area contributed by atoms with Gasteiger partial charge in [-0.1, -0.05) is 29.3 Å². The molecule has 1 fully saturated rings. The maximum atomic E-state index is 12.4. The van der Waals surface area contributed by atoms with Crippen LogP contribution in [0.1, 0.15) is 16.8 Å². The molecule has 0 spiro atoms. The second kappa shape index (κ2) is 8.16. The Morgan fingerprint density at radius 1 is 1.23 bits per heavy atom. The number of likely N-dealkylation sites (N-methyl/N-ethyl adjacent to an activating group) is 1. The first kappa shape index (κ1) is 17.5. The van der Waals surface area contributed by atoms with Gasteiger partial charge < -0.3 is 14.7 Å². The number of hydrogen-bond acceptors (Lipinski definition) is 3. The van der Waals surface area contributed by atoms with Gasteiger partial charge >= 0.3 is 0 Å². The summed E-state index contributed by atoms with van der Waals surface area (Å²) in [5.74, 6) is -0.0779. The zero-order chi connectivity index (χ0) is 16.1. The van der Waals surface area contributed by atoms with E-state index in [0.29, 0.717) is 22.2 Å². The van der Waals surface area contributed by atoms with Gasteiger partial charge in [-0.3, -0.25) is 4.79 Å². The van der Waals surface area contributed by atoms with Crippen LogP contribution in [0.15, 0.2) is 18.2 Å². The molecule has 1 aromatic carbocycles. The highest BCUT2D eigenvalue weighted by molar-refractivity contribution is 6.43. The van der Waals surface area contributed by atoms with Crippen LogP contribution in [-0.4, -0.2) is 74.0 Å². The van der Waals surface area contributed by atoms with Crippen molar-refractivity contribution in [1.82, 2.24) is 14.7 Å². The second-order valence-electron chi connectivity index (χ2n) is 5.83. The Kier molecular flexibility index (Phi) is 6.50. The molecule has 122 valence electrons. The third-order valence-electron chi connectivity index (χ3n) is 4.09. The minimum atomic E-state index is -0.0779. The van der Waals surface area contributed by atoms with Crippen molar-refractivity contribution < 1.29 is 4.79 Å². The molecule has 1 amide bonds. The minimum absolute atomic E-state index is 0.0779. The van der Waals surface area contributed by atoms with Crippen LogP contribution in [0, 0.1) is 0 Å². The summed E-state index contributed by atoms with van der Waals surface area (Å²) in [6.07, 6.45) is 0.962. The van der Waals surface area contributed by atoms with Gasteiger partial charge in [0.25, 0.3) is 5.91 Å². The van der Waals surface area contributed by atoms with Crippen molar-refractivity contribution in [2.75, 3.05) is 53.4 Å². The molecule has 22 heavy (non-hydrogen) atoms. The number of benzene rings is 1. The second-order valence-corrected chi connectivity index (χ2v) is 6.61. The molecule has 0 unspecified atom stereocenters. The predicted molar refractivity (Wildman–Crippen MR) is 92.0 cm³/mol. The van der Waals surface area contributed by atoms with Gasteiger partial charge in [-0.25, -0.2) is 0 Å². The first-order chi connectivity index (χ1) is 10.5. The van der Waals surface area contributed by atoms with E-state index in [1.54, 1.807) is 23.1 Å². The Bertz CT molecular complexity index is 516. The molecule has 0 aromatic heterocycles. The average Bonchev–Trinajstić information content (AvgIpc) is 2.51. The van der Waals surface area contributed by atoms with E-state index < -0.39 is 0 Å². The first-order valence-corrected chi connectivity index (χ1v) is 8.35. The summed E-state index contributed by atoms with van der Waals surface area (Å²) in [5, 5.41) is 0.749. The summed E-state index contributed by atoms with van der Waals surface area (Å²) in [6.45, 7) is 6.19. The number of amides is 1. The lowest BCUT2D eigenvalue weighted by Crippen LogP contribution is -2.45. The van der Waals surface area contributed by atoms with Crippen molar-refractivity contribution in [2.24, 2.45) is 0 Å². The molecule has 1 aliphatic rings. The van der Waals surface area contributed by atoms with Crippen molar-refractivity contribution in [3.63, 3.8) is 0 Å². The summed E-state index contributed by atoms with van der Waals surface area (Å²) in [4.78, 5) is 18.9. The fourth-order valence-electron chi connectivity index (χ4n) is 2.58. The zero-order valence-electron chi connectivity index (χ0n) is 13.2. The molecule has 1 aliphatic heterocycles. The highest BCUT2D eigenvalue weighted by Crippen LogP contribution is 2.26. The van der Waals surface area contributed by atoms with Gasteiger partial charge in [0.2, 0.25) is 0 Å². The Labute approximate surface area is 142 Å². The van der Waals surface area contributed by atoms with Crippen LogP contribution in [-0.2, 0) is 0 Å². The number of hydrogen-bond donors (Lipinski definition) is 0. The van der Waals surface area contributed by atoms with Crippen LogP contribution in [0.5, 0.6) is 0 Å². The van der Waals surface area contributed by atoms with E-state index in [0.717, 1.165) is 39.1 Å². The Morgan fingerprint density at radius 3 is 2.59 bits per heavy atom. The predicted octanol–water partition coefficient (Wildman–Crippen LogP) is 2.70. The molecule has 1 aromatic rings. The molecule has 1 saturated heterocycles. The largest absolute Gasteiger partial charge is 0.342 e. The molecule has 6 heteroatoms. The quantitative estimate of drug-likeness (QED) is 0.822. The summed E-state index contributed by atoms with van der Waals surface area (Å²) in [7, 11) is 3.96. The lowest BCUT2D eigenvalue weighted by molar-refractivity contribution is 0.0783. The number of piperazine rings is 1. The third kappa shape index (κ3) is 4.59. The minimum Gasteiger partial charge on any atom is -0.342 e. The Morgan fingerprint density at radius 2 is 1.91 bits per heavy atom. The maximum Gasteiger partial charge on any atom is 0.255 e. The number of rotatable bonds is 5. The lowest BCUT2D eigenvalue weighted by Gasteiger charge is -2.32. The fraction of sp³-hybridized carbons (Fsp3) is 0.562. The molecule has 0 aliphatic carbocycles. The standard InChI is InChI=1S/C16H23Cl2N3O/c1-19-9-11-21(12-10-19)8-4-7-20(2)16(22)13-5-3-6-14(17)15(13)18/h3,5-6H,4,7-12H2,1-2H3. The maximum absolute atomic E-state index is 12.4. The number of carbonyl (C=O) groups excluding carboxylic acids is 1. The van der Waals surface area contributed by atoms with E-state index in [1.807, 2.05) is 7.05 Å². The zero-order valence-corrected chi connectivity index (χ0v) is 14.7. The van der Waals surface area contributed by atoms with Crippen molar-refractivity contribution in [2.45, 2.75) is 6.42 Å². The normalized spacial score (nSPS) is 16.7. The number of carbonyl (C=O) groups is 1.